The molecular formula is C13H18N2O3. The Morgan fingerprint density at radius 3 is 2.17 bits per heavy atom. The number of methoxy groups -OCH3 is 3. The molecule has 0 bridgehead atoms. The van der Waals surface area contributed by atoms with Crippen LogP contribution < -0.4 is 19.5 Å². The van der Waals surface area contributed by atoms with Crippen LogP contribution in [0.25, 0.3) is 0 Å². The fraction of sp³-hybridized carbons (Fsp3) is 0.462. The first kappa shape index (κ1) is 14.1. The van der Waals surface area contributed by atoms with E-state index in [0.29, 0.717) is 23.8 Å². The molecule has 0 aromatic heterocycles. The van der Waals surface area contributed by atoms with Crippen molar-refractivity contribution in [1.82, 2.24) is 5.32 Å². The normalized spacial score (nSPS) is 11.5. The van der Waals surface area contributed by atoms with Crippen molar-refractivity contribution < 1.29 is 14.2 Å². The van der Waals surface area contributed by atoms with Gasteiger partial charge in [0.2, 0.25) is 0 Å². The largest absolute Gasteiger partial charge is 0.496 e. The minimum Gasteiger partial charge on any atom is -0.496 e. The summed E-state index contributed by atoms with van der Waals surface area (Å²) in [6.07, 6.45) is 0. The highest BCUT2D eigenvalue weighted by Gasteiger charge is 2.12. The molecule has 0 spiro atoms. The van der Waals surface area contributed by atoms with Crippen LogP contribution in [-0.4, -0.2) is 27.4 Å². The molecule has 5 heteroatoms. The second-order valence-electron chi connectivity index (χ2n) is 3.75. The molecule has 0 aliphatic heterocycles. The molecule has 1 aromatic rings. The third-order valence-electron chi connectivity index (χ3n) is 2.58. The van der Waals surface area contributed by atoms with E-state index in [2.05, 4.69) is 11.4 Å². The van der Waals surface area contributed by atoms with Crippen LogP contribution in [0.15, 0.2) is 12.1 Å². The molecule has 0 aliphatic carbocycles. The molecule has 5 nitrogen and oxygen atoms in total. The molecule has 0 aliphatic rings. The molecule has 1 N–H and O–H groups in total. The predicted octanol–water partition coefficient (Wildman–Crippen LogP) is 1.71. The van der Waals surface area contributed by atoms with Crippen LogP contribution in [0.3, 0.4) is 0 Å². The maximum absolute atomic E-state index is 8.73. The highest BCUT2D eigenvalue weighted by atomic mass is 16.5. The Kier molecular flexibility index (Phi) is 5.28. The molecule has 0 saturated carbocycles. The molecule has 1 aromatic carbocycles. The van der Waals surface area contributed by atoms with Gasteiger partial charge in [-0.2, -0.15) is 5.26 Å². The topological polar surface area (TPSA) is 63.5 Å². The van der Waals surface area contributed by atoms with Gasteiger partial charge in [0.25, 0.3) is 0 Å². The Labute approximate surface area is 107 Å². The van der Waals surface area contributed by atoms with E-state index in [-0.39, 0.29) is 6.04 Å². The van der Waals surface area contributed by atoms with Crippen molar-refractivity contribution in [3.63, 3.8) is 0 Å². The molecule has 18 heavy (non-hydrogen) atoms. The quantitative estimate of drug-likeness (QED) is 0.832. The summed E-state index contributed by atoms with van der Waals surface area (Å²) < 4.78 is 15.7. The van der Waals surface area contributed by atoms with Crippen LogP contribution in [0.4, 0.5) is 0 Å². The molecule has 98 valence electrons. The number of ether oxygens (including phenoxy) is 3. The first-order valence-electron chi connectivity index (χ1n) is 5.58. The Bertz CT molecular complexity index is 441. The fourth-order valence-corrected chi connectivity index (χ4v) is 1.54. The Morgan fingerprint density at radius 2 is 1.67 bits per heavy atom. The van der Waals surface area contributed by atoms with Gasteiger partial charge in [0.15, 0.2) is 11.5 Å². The molecule has 1 atom stereocenters. The van der Waals surface area contributed by atoms with Gasteiger partial charge in [-0.1, -0.05) is 0 Å². The third kappa shape index (κ3) is 3.28. The molecule has 0 saturated heterocycles. The van der Waals surface area contributed by atoms with Crippen molar-refractivity contribution in [2.75, 3.05) is 21.3 Å². The van der Waals surface area contributed by atoms with E-state index in [1.807, 2.05) is 6.07 Å². The molecule has 0 radical (unpaired) electrons. The van der Waals surface area contributed by atoms with E-state index >= 15 is 0 Å². The highest BCUT2D eigenvalue weighted by molar-refractivity contribution is 5.50. The second kappa shape index (κ2) is 6.72. The lowest BCUT2D eigenvalue weighted by Gasteiger charge is -2.15. The van der Waals surface area contributed by atoms with Crippen LogP contribution >= 0.6 is 0 Å². The summed E-state index contributed by atoms with van der Waals surface area (Å²) in [4.78, 5) is 0. The van der Waals surface area contributed by atoms with Crippen molar-refractivity contribution in [2.24, 2.45) is 0 Å². The van der Waals surface area contributed by atoms with Crippen LogP contribution in [0, 0.1) is 11.3 Å². The molecular weight excluding hydrogens is 232 g/mol. The maximum atomic E-state index is 8.73. The minimum absolute atomic E-state index is 0.220. The third-order valence-corrected chi connectivity index (χ3v) is 2.58. The molecule has 1 unspecified atom stereocenters. The van der Waals surface area contributed by atoms with E-state index in [4.69, 9.17) is 19.5 Å². The SMILES string of the molecule is COc1cc(OC)c(OC)cc1CNC(C)C#N. The smallest absolute Gasteiger partial charge is 0.164 e. The van der Waals surface area contributed by atoms with Gasteiger partial charge in [-0.25, -0.2) is 0 Å². The summed E-state index contributed by atoms with van der Waals surface area (Å²) in [7, 11) is 4.75. The van der Waals surface area contributed by atoms with E-state index in [0.717, 1.165) is 5.56 Å². The van der Waals surface area contributed by atoms with E-state index < -0.39 is 0 Å². The van der Waals surface area contributed by atoms with Crippen molar-refractivity contribution in [3.05, 3.63) is 17.7 Å². The summed E-state index contributed by atoms with van der Waals surface area (Å²) in [5.74, 6) is 1.96. The van der Waals surface area contributed by atoms with Crippen LogP contribution in [0.2, 0.25) is 0 Å². The highest BCUT2D eigenvalue weighted by Crippen LogP contribution is 2.34. The van der Waals surface area contributed by atoms with Gasteiger partial charge in [-0.15, -0.1) is 0 Å². The predicted molar refractivity (Wildman–Crippen MR) is 68.0 cm³/mol. The monoisotopic (exact) mass is 250 g/mol. The molecule has 1 rings (SSSR count). The lowest BCUT2D eigenvalue weighted by Crippen LogP contribution is -2.23. The summed E-state index contributed by atoms with van der Waals surface area (Å²) in [5, 5.41) is 11.8. The Hall–Kier alpha value is -1.93. The summed E-state index contributed by atoms with van der Waals surface area (Å²) >= 11 is 0. The van der Waals surface area contributed by atoms with Gasteiger partial charge < -0.3 is 14.2 Å². The minimum atomic E-state index is -0.220. The second-order valence-corrected chi connectivity index (χ2v) is 3.75. The zero-order valence-corrected chi connectivity index (χ0v) is 11.1. The number of nitrogens with zero attached hydrogens (tertiary/aromatic N) is 1. The van der Waals surface area contributed by atoms with Crippen LogP contribution in [-0.2, 0) is 6.54 Å². The van der Waals surface area contributed by atoms with E-state index in [1.165, 1.54) is 0 Å². The van der Waals surface area contributed by atoms with Gasteiger partial charge in [-0.3, -0.25) is 5.32 Å². The Balaban J connectivity index is 2.99. The Morgan fingerprint density at radius 1 is 1.11 bits per heavy atom. The number of nitrogens with one attached hydrogen (secondary N) is 1. The van der Waals surface area contributed by atoms with Crippen LogP contribution in [0.5, 0.6) is 17.2 Å². The lowest BCUT2D eigenvalue weighted by molar-refractivity contribution is 0.347. The van der Waals surface area contributed by atoms with Crippen molar-refractivity contribution in [3.8, 4) is 23.3 Å². The average molecular weight is 250 g/mol. The fourth-order valence-electron chi connectivity index (χ4n) is 1.54. The molecule has 0 fully saturated rings. The average Bonchev–Trinajstić information content (AvgIpc) is 2.43. The number of rotatable bonds is 6. The van der Waals surface area contributed by atoms with Gasteiger partial charge in [0, 0.05) is 18.2 Å². The molecule has 0 amide bonds. The molecule has 0 heterocycles. The summed E-state index contributed by atoms with van der Waals surface area (Å²) in [5.41, 5.74) is 0.914. The van der Waals surface area contributed by atoms with Gasteiger partial charge in [-0.05, 0) is 13.0 Å². The zero-order valence-electron chi connectivity index (χ0n) is 11.1. The number of nitriles is 1. The van der Waals surface area contributed by atoms with Crippen LogP contribution in [0.1, 0.15) is 12.5 Å². The van der Waals surface area contributed by atoms with Crippen molar-refractivity contribution in [1.29, 1.82) is 5.26 Å². The summed E-state index contributed by atoms with van der Waals surface area (Å²) in [6.45, 7) is 2.32. The van der Waals surface area contributed by atoms with Gasteiger partial charge >= 0.3 is 0 Å². The van der Waals surface area contributed by atoms with Crippen molar-refractivity contribution >= 4 is 0 Å². The summed E-state index contributed by atoms with van der Waals surface area (Å²) in [6, 6.07) is 5.51. The van der Waals surface area contributed by atoms with Gasteiger partial charge in [0.1, 0.15) is 5.75 Å². The van der Waals surface area contributed by atoms with Crippen molar-refractivity contribution in [2.45, 2.75) is 19.5 Å². The number of hydrogen-bond donors (Lipinski definition) is 1. The first-order chi connectivity index (χ1) is 8.65. The lowest BCUT2D eigenvalue weighted by atomic mass is 10.1. The zero-order chi connectivity index (χ0) is 13.5. The maximum Gasteiger partial charge on any atom is 0.164 e. The number of hydrogen-bond acceptors (Lipinski definition) is 5. The number of benzene rings is 1. The standard InChI is InChI=1S/C13H18N2O3/c1-9(7-14)15-8-10-5-12(17-3)13(18-4)6-11(10)16-2/h5-6,9,15H,8H2,1-4H3. The van der Waals surface area contributed by atoms with Gasteiger partial charge in [0.05, 0.1) is 33.4 Å². The van der Waals surface area contributed by atoms with E-state index in [1.54, 1.807) is 34.3 Å². The first-order valence-corrected chi connectivity index (χ1v) is 5.58. The van der Waals surface area contributed by atoms with E-state index in [9.17, 15) is 0 Å².